The molecule has 1 atom stereocenters. The second-order valence-electron chi connectivity index (χ2n) is 6.52. The first-order valence-corrected chi connectivity index (χ1v) is 6.83. The van der Waals surface area contributed by atoms with Crippen molar-refractivity contribution in [1.29, 1.82) is 0 Å². The van der Waals surface area contributed by atoms with E-state index in [9.17, 15) is 0 Å². The third-order valence-corrected chi connectivity index (χ3v) is 3.38. The van der Waals surface area contributed by atoms with Crippen molar-refractivity contribution in [2.45, 2.75) is 52.5 Å². The lowest BCUT2D eigenvalue weighted by Gasteiger charge is -2.31. The minimum absolute atomic E-state index is 0.379. The molecule has 0 saturated heterocycles. The zero-order valence-corrected chi connectivity index (χ0v) is 11.8. The van der Waals surface area contributed by atoms with Crippen molar-refractivity contribution in [3.63, 3.8) is 0 Å². The first-order valence-electron chi connectivity index (χ1n) is 6.83. The number of hydrogen-bond acceptors (Lipinski definition) is 2. The maximum absolute atomic E-state index is 3.80. The zero-order chi connectivity index (χ0) is 12.2. The smallest absolute Gasteiger partial charge is 0.00954 e. The van der Waals surface area contributed by atoms with E-state index in [1.807, 2.05) is 0 Å². The lowest BCUT2D eigenvalue weighted by molar-refractivity contribution is 0.220. The molecule has 0 radical (unpaired) electrons. The Balaban J connectivity index is 2.29. The number of nitrogens with zero attached hydrogens (tertiary/aromatic N) is 1. The van der Waals surface area contributed by atoms with Crippen molar-refractivity contribution in [1.82, 2.24) is 10.2 Å². The van der Waals surface area contributed by atoms with Gasteiger partial charge in [-0.3, -0.25) is 0 Å². The molecule has 0 aromatic rings. The van der Waals surface area contributed by atoms with E-state index in [1.165, 1.54) is 25.7 Å². The van der Waals surface area contributed by atoms with Crippen LogP contribution in [0.3, 0.4) is 0 Å². The summed E-state index contributed by atoms with van der Waals surface area (Å²) in [5.41, 5.74) is 0.379. The van der Waals surface area contributed by atoms with Gasteiger partial charge in [-0.05, 0) is 44.7 Å². The van der Waals surface area contributed by atoms with Gasteiger partial charge in [-0.15, -0.1) is 0 Å². The van der Waals surface area contributed by atoms with Gasteiger partial charge in [0.15, 0.2) is 0 Å². The van der Waals surface area contributed by atoms with Crippen LogP contribution in [0.2, 0.25) is 0 Å². The minimum atomic E-state index is 0.379. The van der Waals surface area contributed by atoms with Gasteiger partial charge >= 0.3 is 0 Å². The van der Waals surface area contributed by atoms with Crippen molar-refractivity contribution in [2.24, 2.45) is 11.3 Å². The molecule has 0 aromatic heterocycles. The molecule has 2 nitrogen and oxygen atoms in total. The van der Waals surface area contributed by atoms with Gasteiger partial charge in [-0.1, -0.05) is 27.2 Å². The van der Waals surface area contributed by atoms with E-state index in [0.717, 1.165) is 25.0 Å². The Morgan fingerprint density at radius 2 is 1.94 bits per heavy atom. The van der Waals surface area contributed by atoms with Gasteiger partial charge in [0.1, 0.15) is 0 Å². The summed E-state index contributed by atoms with van der Waals surface area (Å²) in [4.78, 5) is 2.29. The molecular weight excluding hydrogens is 196 g/mol. The fourth-order valence-corrected chi connectivity index (χ4v) is 2.63. The number of rotatable bonds is 8. The summed E-state index contributed by atoms with van der Waals surface area (Å²) in [5, 5.41) is 3.80. The second kappa shape index (κ2) is 6.02. The molecule has 16 heavy (non-hydrogen) atoms. The molecule has 0 aliphatic heterocycles. The molecule has 1 rings (SSSR count). The lowest BCUT2D eigenvalue weighted by Crippen LogP contribution is -2.42. The molecule has 0 bridgehead atoms. The van der Waals surface area contributed by atoms with Gasteiger partial charge in [-0.25, -0.2) is 0 Å². The topological polar surface area (TPSA) is 15.3 Å². The van der Waals surface area contributed by atoms with E-state index in [0.29, 0.717) is 5.41 Å². The fraction of sp³-hybridized carbons (Fsp3) is 1.00. The molecule has 1 fully saturated rings. The Bertz CT molecular complexity index is 195. The summed E-state index contributed by atoms with van der Waals surface area (Å²) in [6.45, 7) is 9.31. The molecule has 96 valence electrons. The molecule has 1 saturated carbocycles. The van der Waals surface area contributed by atoms with Crippen molar-refractivity contribution in [3.8, 4) is 0 Å². The van der Waals surface area contributed by atoms with Crippen molar-refractivity contribution >= 4 is 0 Å². The Kier molecular flexibility index (Phi) is 5.26. The highest BCUT2D eigenvalue weighted by molar-refractivity contribution is 4.87. The quantitative estimate of drug-likeness (QED) is 0.684. The summed E-state index contributed by atoms with van der Waals surface area (Å²) in [7, 11) is 4.32. The van der Waals surface area contributed by atoms with Crippen LogP contribution in [0, 0.1) is 11.3 Å². The monoisotopic (exact) mass is 226 g/mol. The maximum atomic E-state index is 3.80. The molecule has 0 spiro atoms. The number of nitrogens with one attached hydrogen (secondary N) is 1. The first kappa shape index (κ1) is 14.0. The average molecular weight is 226 g/mol. The van der Waals surface area contributed by atoms with Crippen LogP contribution in [0.1, 0.15) is 46.5 Å². The van der Waals surface area contributed by atoms with Crippen LogP contribution < -0.4 is 5.32 Å². The third-order valence-electron chi connectivity index (χ3n) is 3.38. The fourth-order valence-electron chi connectivity index (χ4n) is 2.63. The van der Waals surface area contributed by atoms with E-state index in [4.69, 9.17) is 0 Å². The minimum Gasteiger partial charge on any atom is -0.313 e. The second-order valence-corrected chi connectivity index (χ2v) is 6.52. The summed E-state index contributed by atoms with van der Waals surface area (Å²) in [6, 6.07) is 0.784. The van der Waals surface area contributed by atoms with Crippen LogP contribution in [0.5, 0.6) is 0 Å². The van der Waals surface area contributed by atoms with E-state index >= 15 is 0 Å². The largest absolute Gasteiger partial charge is 0.313 e. The van der Waals surface area contributed by atoms with Crippen LogP contribution in [-0.4, -0.2) is 38.1 Å². The summed E-state index contributed by atoms with van der Waals surface area (Å²) >= 11 is 0. The van der Waals surface area contributed by atoms with Gasteiger partial charge in [-0.2, -0.15) is 0 Å². The normalized spacial score (nSPS) is 19.1. The molecule has 0 heterocycles. The van der Waals surface area contributed by atoms with E-state index < -0.39 is 0 Å². The van der Waals surface area contributed by atoms with Crippen molar-refractivity contribution in [3.05, 3.63) is 0 Å². The summed E-state index contributed by atoms with van der Waals surface area (Å²) in [6.07, 6.45) is 5.56. The van der Waals surface area contributed by atoms with E-state index in [1.54, 1.807) is 0 Å². The average Bonchev–Trinajstić information content (AvgIpc) is 2.93. The lowest BCUT2D eigenvalue weighted by atomic mass is 9.92. The highest BCUT2D eigenvalue weighted by atomic mass is 15.1. The zero-order valence-electron chi connectivity index (χ0n) is 11.8. The Hall–Kier alpha value is -0.0800. The van der Waals surface area contributed by atoms with Crippen molar-refractivity contribution < 1.29 is 0 Å². The standard InChI is InChI=1S/C14H30N2/c1-6-7-13(12-8-9-12)15-10-14(2,3)11-16(4)5/h12-13,15H,6-11H2,1-5H3. The van der Waals surface area contributed by atoms with Crippen LogP contribution in [0.15, 0.2) is 0 Å². The molecule has 0 aromatic carbocycles. The third kappa shape index (κ3) is 5.31. The Labute approximate surface area is 102 Å². The van der Waals surface area contributed by atoms with Crippen LogP contribution in [0.25, 0.3) is 0 Å². The van der Waals surface area contributed by atoms with Gasteiger partial charge < -0.3 is 10.2 Å². The van der Waals surface area contributed by atoms with Crippen molar-refractivity contribution in [2.75, 3.05) is 27.2 Å². The van der Waals surface area contributed by atoms with Gasteiger partial charge in [0.05, 0.1) is 0 Å². The molecular formula is C14H30N2. The van der Waals surface area contributed by atoms with Gasteiger partial charge in [0.2, 0.25) is 0 Å². The molecule has 1 aliphatic carbocycles. The van der Waals surface area contributed by atoms with Gasteiger partial charge in [0, 0.05) is 19.1 Å². The van der Waals surface area contributed by atoms with Crippen LogP contribution in [-0.2, 0) is 0 Å². The van der Waals surface area contributed by atoms with E-state index in [2.05, 4.69) is 45.1 Å². The Morgan fingerprint density at radius 3 is 2.38 bits per heavy atom. The molecule has 0 amide bonds. The summed E-state index contributed by atoms with van der Waals surface area (Å²) < 4.78 is 0. The van der Waals surface area contributed by atoms with E-state index in [-0.39, 0.29) is 0 Å². The molecule has 1 N–H and O–H groups in total. The highest BCUT2D eigenvalue weighted by Gasteiger charge is 2.31. The predicted octanol–water partition coefficient (Wildman–Crippen LogP) is 2.74. The molecule has 1 aliphatic rings. The SMILES string of the molecule is CCCC(NCC(C)(C)CN(C)C)C1CC1. The predicted molar refractivity (Wildman–Crippen MR) is 71.8 cm³/mol. The van der Waals surface area contributed by atoms with Crippen LogP contribution in [0.4, 0.5) is 0 Å². The first-order chi connectivity index (χ1) is 7.44. The van der Waals surface area contributed by atoms with Crippen LogP contribution >= 0.6 is 0 Å². The highest BCUT2D eigenvalue weighted by Crippen LogP contribution is 2.34. The maximum Gasteiger partial charge on any atom is 0.00954 e. The molecule has 2 heteroatoms. The van der Waals surface area contributed by atoms with Gasteiger partial charge in [0.25, 0.3) is 0 Å². The Morgan fingerprint density at radius 1 is 1.31 bits per heavy atom. The number of hydrogen-bond donors (Lipinski definition) is 1. The summed E-state index contributed by atoms with van der Waals surface area (Å²) in [5.74, 6) is 0.982. The molecule has 1 unspecified atom stereocenters.